The van der Waals surface area contributed by atoms with Gasteiger partial charge in [-0.25, -0.2) is 0 Å². The molecule has 0 spiro atoms. The summed E-state index contributed by atoms with van der Waals surface area (Å²) in [5, 5.41) is 8.75. The molecule has 1 saturated heterocycles. The van der Waals surface area contributed by atoms with Crippen molar-refractivity contribution in [2.75, 3.05) is 18.0 Å². The van der Waals surface area contributed by atoms with E-state index in [4.69, 9.17) is 10.00 Å². The van der Waals surface area contributed by atoms with E-state index in [1.54, 1.807) is 18.3 Å². The lowest BCUT2D eigenvalue weighted by Gasteiger charge is -2.27. The summed E-state index contributed by atoms with van der Waals surface area (Å²) in [6.45, 7) is 2.48. The Balaban J connectivity index is 1.63. The summed E-state index contributed by atoms with van der Waals surface area (Å²) in [6, 6.07) is 11.4. The third kappa shape index (κ3) is 3.53. The number of piperidine rings is 1. The standard InChI is InChI=1S/C17H18N4O/c18-11-14-7-8-15(19-12-14)13-22-17-6-4-5-16(20-17)21-9-2-1-3-10-21/h4-8,12H,1-3,9-10,13H2. The lowest BCUT2D eigenvalue weighted by Crippen LogP contribution is -2.30. The van der Waals surface area contributed by atoms with Gasteiger partial charge in [-0.05, 0) is 37.5 Å². The molecule has 0 radical (unpaired) electrons. The van der Waals surface area contributed by atoms with E-state index in [1.165, 1.54) is 19.3 Å². The molecule has 0 N–H and O–H groups in total. The first kappa shape index (κ1) is 14.3. The molecule has 0 bridgehead atoms. The topological polar surface area (TPSA) is 62.0 Å². The predicted octanol–water partition coefficient (Wildman–Crippen LogP) is 2.92. The van der Waals surface area contributed by atoms with Crippen LogP contribution in [0.25, 0.3) is 0 Å². The summed E-state index contributed by atoms with van der Waals surface area (Å²) >= 11 is 0. The molecule has 0 aliphatic carbocycles. The summed E-state index contributed by atoms with van der Waals surface area (Å²) in [5.74, 6) is 1.58. The average Bonchev–Trinajstić information content (AvgIpc) is 2.61. The van der Waals surface area contributed by atoms with E-state index < -0.39 is 0 Å². The Morgan fingerprint density at radius 3 is 2.73 bits per heavy atom. The lowest BCUT2D eigenvalue weighted by molar-refractivity contribution is 0.289. The lowest BCUT2D eigenvalue weighted by atomic mass is 10.1. The number of nitrogens with zero attached hydrogens (tertiary/aromatic N) is 4. The van der Waals surface area contributed by atoms with Gasteiger partial charge in [0.2, 0.25) is 5.88 Å². The van der Waals surface area contributed by atoms with Gasteiger partial charge in [-0.1, -0.05) is 6.07 Å². The van der Waals surface area contributed by atoms with Crippen LogP contribution in [-0.4, -0.2) is 23.1 Å². The SMILES string of the molecule is N#Cc1ccc(COc2cccc(N3CCCCC3)n2)nc1. The van der Waals surface area contributed by atoms with Crippen LogP contribution in [0.2, 0.25) is 0 Å². The molecule has 0 saturated carbocycles. The number of anilines is 1. The first-order chi connectivity index (χ1) is 10.8. The molecular weight excluding hydrogens is 276 g/mol. The molecule has 112 valence electrons. The van der Waals surface area contributed by atoms with Gasteiger partial charge in [-0.2, -0.15) is 10.2 Å². The predicted molar refractivity (Wildman–Crippen MR) is 83.6 cm³/mol. The maximum absolute atomic E-state index is 8.75. The van der Waals surface area contributed by atoms with Crippen molar-refractivity contribution in [1.82, 2.24) is 9.97 Å². The normalized spacial score (nSPS) is 14.4. The van der Waals surface area contributed by atoms with Crippen LogP contribution in [0, 0.1) is 11.3 Å². The molecule has 0 atom stereocenters. The highest BCUT2D eigenvalue weighted by Crippen LogP contribution is 2.20. The van der Waals surface area contributed by atoms with Crippen LogP contribution in [-0.2, 0) is 6.61 Å². The summed E-state index contributed by atoms with van der Waals surface area (Å²) in [5.41, 5.74) is 1.33. The number of nitriles is 1. The molecule has 5 nitrogen and oxygen atoms in total. The van der Waals surface area contributed by atoms with Gasteiger partial charge in [0.25, 0.3) is 0 Å². The van der Waals surface area contributed by atoms with Gasteiger partial charge in [-0.15, -0.1) is 0 Å². The van der Waals surface area contributed by atoms with Crippen molar-refractivity contribution in [2.45, 2.75) is 25.9 Å². The van der Waals surface area contributed by atoms with Crippen molar-refractivity contribution >= 4 is 5.82 Å². The minimum Gasteiger partial charge on any atom is -0.471 e. The number of hydrogen-bond donors (Lipinski definition) is 0. The number of rotatable bonds is 4. The van der Waals surface area contributed by atoms with Gasteiger partial charge in [0.15, 0.2) is 0 Å². The number of ether oxygens (including phenoxy) is 1. The zero-order valence-corrected chi connectivity index (χ0v) is 12.4. The van der Waals surface area contributed by atoms with Gasteiger partial charge in [-0.3, -0.25) is 4.98 Å². The third-order valence-electron chi connectivity index (χ3n) is 3.71. The van der Waals surface area contributed by atoms with E-state index in [0.717, 1.165) is 24.6 Å². The van der Waals surface area contributed by atoms with Gasteiger partial charge in [0, 0.05) is 25.4 Å². The molecule has 3 heterocycles. The van der Waals surface area contributed by atoms with Gasteiger partial charge in [0.05, 0.1) is 11.3 Å². The van der Waals surface area contributed by atoms with Crippen molar-refractivity contribution in [3.63, 3.8) is 0 Å². The summed E-state index contributed by atoms with van der Waals surface area (Å²) < 4.78 is 5.71. The molecule has 1 aliphatic rings. The minimum absolute atomic E-state index is 0.349. The highest BCUT2D eigenvalue weighted by atomic mass is 16.5. The second-order valence-corrected chi connectivity index (χ2v) is 5.32. The Kier molecular flexibility index (Phi) is 4.50. The Morgan fingerprint density at radius 1 is 1.14 bits per heavy atom. The fourth-order valence-electron chi connectivity index (χ4n) is 2.51. The molecule has 2 aromatic rings. The van der Waals surface area contributed by atoms with E-state index in [-0.39, 0.29) is 0 Å². The Bertz CT molecular complexity index is 657. The van der Waals surface area contributed by atoms with Crippen LogP contribution < -0.4 is 9.64 Å². The largest absolute Gasteiger partial charge is 0.471 e. The number of aromatic nitrogens is 2. The van der Waals surface area contributed by atoms with Crippen molar-refractivity contribution in [3.05, 3.63) is 47.8 Å². The molecule has 3 rings (SSSR count). The van der Waals surface area contributed by atoms with Crippen molar-refractivity contribution < 1.29 is 4.74 Å². The molecule has 1 aliphatic heterocycles. The van der Waals surface area contributed by atoms with Crippen LogP contribution in [0.3, 0.4) is 0 Å². The molecule has 2 aromatic heterocycles. The van der Waals surface area contributed by atoms with E-state index >= 15 is 0 Å². The monoisotopic (exact) mass is 294 g/mol. The van der Waals surface area contributed by atoms with E-state index in [0.29, 0.717) is 18.1 Å². The Morgan fingerprint density at radius 2 is 2.00 bits per heavy atom. The highest BCUT2D eigenvalue weighted by Gasteiger charge is 2.12. The van der Waals surface area contributed by atoms with Gasteiger partial charge >= 0.3 is 0 Å². The smallest absolute Gasteiger partial charge is 0.215 e. The summed E-state index contributed by atoms with van der Waals surface area (Å²) in [4.78, 5) is 11.1. The first-order valence-electron chi connectivity index (χ1n) is 7.55. The van der Waals surface area contributed by atoms with E-state index in [9.17, 15) is 0 Å². The molecule has 1 fully saturated rings. The molecule has 5 heteroatoms. The molecular formula is C17H18N4O. The third-order valence-corrected chi connectivity index (χ3v) is 3.71. The fraction of sp³-hybridized carbons (Fsp3) is 0.353. The van der Waals surface area contributed by atoms with E-state index in [1.807, 2.05) is 18.2 Å². The average molecular weight is 294 g/mol. The van der Waals surface area contributed by atoms with Crippen molar-refractivity contribution in [3.8, 4) is 11.9 Å². The maximum atomic E-state index is 8.75. The van der Waals surface area contributed by atoms with Gasteiger partial charge < -0.3 is 9.64 Å². The summed E-state index contributed by atoms with van der Waals surface area (Å²) in [7, 11) is 0. The zero-order valence-electron chi connectivity index (χ0n) is 12.4. The fourth-order valence-corrected chi connectivity index (χ4v) is 2.51. The number of hydrogen-bond acceptors (Lipinski definition) is 5. The van der Waals surface area contributed by atoms with Crippen molar-refractivity contribution in [2.24, 2.45) is 0 Å². The van der Waals surface area contributed by atoms with Crippen LogP contribution in [0.4, 0.5) is 5.82 Å². The molecule has 0 amide bonds. The van der Waals surface area contributed by atoms with Gasteiger partial charge in [0.1, 0.15) is 18.5 Å². The van der Waals surface area contributed by atoms with Crippen LogP contribution >= 0.6 is 0 Å². The second-order valence-electron chi connectivity index (χ2n) is 5.32. The van der Waals surface area contributed by atoms with Crippen LogP contribution in [0.15, 0.2) is 36.5 Å². The highest BCUT2D eigenvalue weighted by molar-refractivity contribution is 5.41. The molecule has 0 unspecified atom stereocenters. The minimum atomic E-state index is 0.349. The Labute approximate surface area is 130 Å². The summed E-state index contributed by atoms with van der Waals surface area (Å²) in [6.07, 6.45) is 5.30. The molecule has 22 heavy (non-hydrogen) atoms. The van der Waals surface area contributed by atoms with Crippen molar-refractivity contribution in [1.29, 1.82) is 5.26 Å². The quantitative estimate of drug-likeness (QED) is 0.867. The number of pyridine rings is 2. The Hall–Kier alpha value is -2.61. The maximum Gasteiger partial charge on any atom is 0.215 e. The molecule has 0 aromatic carbocycles. The zero-order chi connectivity index (χ0) is 15.2. The van der Waals surface area contributed by atoms with E-state index in [2.05, 4.69) is 20.9 Å². The van der Waals surface area contributed by atoms with Crippen LogP contribution in [0.1, 0.15) is 30.5 Å². The second kappa shape index (κ2) is 6.90. The first-order valence-corrected chi connectivity index (χ1v) is 7.55. The van der Waals surface area contributed by atoms with Crippen LogP contribution in [0.5, 0.6) is 5.88 Å².